The lowest BCUT2D eigenvalue weighted by Gasteiger charge is -2.35. The van der Waals surface area contributed by atoms with E-state index in [0.29, 0.717) is 55.4 Å². The van der Waals surface area contributed by atoms with Crippen LogP contribution in [-0.2, 0) is 13.1 Å². The number of rotatable bonds is 5. The zero-order valence-electron chi connectivity index (χ0n) is 16.3. The van der Waals surface area contributed by atoms with Crippen molar-refractivity contribution in [3.63, 3.8) is 0 Å². The Balaban J connectivity index is 1.37. The summed E-state index contributed by atoms with van der Waals surface area (Å²) in [5, 5.41) is 4.70. The van der Waals surface area contributed by atoms with E-state index in [1.807, 2.05) is 40.0 Å². The van der Waals surface area contributed by atoms with Gasteiger partial charge in [0.2, 0.25) is 0 Å². The zero-order valence-corrected chi connectivity index (χ0v) is 18.6. The van der Waals surface area contributed by atoms with E-state index in [2.05, 4.69) is 25.9 Å². The zero-order chi connectivity index (χ0) is 21.1. The van der Waals surface area contributed by atoms with Gasteiger partial charge in [-0.3, -0.25) is 14.4 Å². The van der Waals surface area contributed by atoms with Crippen molar-refractivity contribution in [1.82, 2.24) is 19.6 Å². The molecule has 0 spiro atoms. The lowest BCUT2D eigenvalue weighted by Crippen LogP contribution is -2.48. The highest BCUT2D eigenvalue weighted by Crippen LogP contribution is 2.22. The number of aromatic nitrogens is 2. The smallest absolute Gasteiger partial charge is 0.253 e. The Morgan fingerprint density at radius 1 is 1.10 bits per heavy atom. The minimum Gasteiger partial charge on any atom is -0.336 e. The van der Waals surface area contributed by atoms with E-state index in [4.69, 9.17) is 11.6 Å². The first kappa shape index (κ1) is 21.0. The minimum absolute atomic E-state index is 0.0158. The molecule has 0 aliphatic carbocycles. The lowest BCUT2D eigenvalue weighted by molar-refractivity contribution is 0.0627. The molecule has 1 saturated heterocycles. The van der Waals surface area contributed by atoms with E-state index in [-0.39, 0.29) is 11.7 Å². The summed E-state index contributed by atoms with van der Waals surface area (Å²) in [7, 11) is 0. The second-order valence-corrected chi connectivity index (χ2v) is 8.65. The average Bonchev–Trinajstić information content (AvgIpc) is 3.15. The van der Waals surface area contributed by atoms with Crippen LogP contribution in [0.2, 0.25) is 5.02 Å². The normalized spacial score (nSPS) is 14.8. The predicted molar refractivity (Wildman–Crippen MR) is 118 cm³/mol. The molecule has 1 fully saturated rings. The molecular weight excluding hydrogens is 471 g/mol. The van der Waals surface area contributed by atoms with Gasteiger partial charge in [0.25, 0.3) is 5.91 Å². The summed E-state index contributed by atoms with van der Waals surface area (Å²) in [6, 6.07) is 12.4. The van der Waals surface area contributed by atoms with E-state index in [0.717, 1.165) is 10.0 Å². The van der Waals surface area contributed by atoms with Crippen molar-refractivity contribution in [2.24, 2.45) is 0 Å². The molecule has 30 heavy (non-hydrogen) atoms. The van der Waals surface area contributed by atoms with Crippen LogP contribution in [0.4, 0.5) is 4.39 Å². The van der Waals surface area contributed by atoms with Crippen LogP contribution in [0.3, 0.4) is 0 Å². The van der Waals surface area contributed by atoms with E-state index in [1.54, 1.807) is 18.3 Å². The van der Waals surface area contributed by atoms with Gasteiger partial charge in [-0.2, -0.15) is 5.10 Å². The Bertz CT molecular complexity index is 1030. The van der Waals surface area contributed by atoms with E-state index in [1.165, 1.54) is 6.07 Å². The molecule has 1 aliphatic rings. The SMILES string of the molecule is O=C(c1cccc(Cn2cc(Br)cn2)c1)N1CCN(Cc2c(F)cccc2Cl)CC1. The third kappa shape index (κ3) is 4.91. The number of piperazine rings is 1. The Morgan fingerprint density at radius 3 is 2.57 bits per heavy atom. The third-order valence-corrected chi connectivity index (χ3v) is 5.99. The largest absolute Gasteiger partial charge is 0.336 e. The topological polar surface area (TPSA) is 41.4 Å². The number of hydrogen-bond donors (Lipinski definition) is 0. The number of amides is 1. The van der Waals surface area contributed by atoms with Crippen LogP contribution in [0.15, 0.2) is 59.3 Å². The summed E-state index contributed by atoms with van der Waals surface area (Å²) in [4.78, 5) is 17.0. The van der Waals surface area contributed by atoms with Crippen LogP contribution in [0.25, 0.3) is 0 Å². The maximum Gasteiger partial charge on any atom is 0.253 e. The Hall–Kier alpha value is -2.22. The second-order valence-electron chi connectivity index (χ2n) is 7.33. The molecule has 0 bridgehead atoms. The van der Waals surface area contributed by atoms with Crippen molar-refractivity contribution in [3.05, 3.63) is 86.9 Å². The summed E-state index contributed by atoms with van der Waals surface area (Å²) >= 11 is 9.53. The van der Waals surface area contributed by atoms with Gasteiger partial charge in [-0.1, -0.05) is 29.8 Å². The molecule has 0 atom stereocenters. The summed E-state index contributed by atoms with van der Waals surface area (Å²) < 4.78 is 16.8. The fourth-order valence-corrected chi connectivity index (χ4v) is 4.16. The average molecular weight is 492 g/mol. The van der Waals surface area contributed by atoms with Crippen molar-refractivity contribution < 1.29 is 9.18 Å². The van der Waals surface area contributed by atoms with E-state index in [9.17, 15) is 9.18 Å². The fourth-order valence-electron chi connectivity index (χ4n) is 3.61. The molecule has 0 saturated carbocycles. The van der Waals surface area contributed by atoms with Crippen LogP contribution < -0.4 is 0 Å². The molecule has 1 aliphatic heterocycles. The fraction of sp³-hybridized carbons (Fsp3) is 0.273. The number of halogens is 3. The number of hydrogen-bond acceptors (Lipinski definition) is 3. The number of nitrogens with zero attached hydrogens (tertiary/aromatic N) is 4. The molecule has 156 valence electrons. The quantitative estimate of drug-likeness (QED) is 0.530. The highest BCUT2D eigenvalue weighted by molar-refractivity contribution is 9.10. The number of carbonyl (C=O) groups is 1. The van der Waals surface area contributed by atoms with Gasteiger partial charge in [0.1, 0.15) is 5.82 Å². The Morgan fingerprint density at radius 2 is 1.87 bits per heavy atom. The van der Waals surface area contributed by atoms with Gasteiger partial charge in [0.15, 0.2) is 0 Å². The van der Waals surface area contributed by atoms with Gasteiger partial charge in [-0.05, 0) is 45.8 Å². The van der Waals surface area contributed by atoms with Crippen molar-refractivity contribution in [2.75, 3.05) is 26.2 Å². The van der Waals surface area contributed by atoms with Gasteiger partial charge < -0.3 is 4.90 Å². The number of carbonyl (C=O) groups excluding carboxylic acids is 1. The molecular formula is C22H21BrClFN4O. The first-order valence-corrected chi connectivity index (χ1v) is 10.9. The molecule has 0 N–H and O–H groups in total. The predicted octanol–water partition coefficient (Wildman–Crippen LogP) is 4.44. The van der Waals surface area contributed by atoms with Gasteiger partial charge in [0, 0.05) is 55.1 Å². The van der Waals surface area contributed by atoms with Crippen molar-refractivity contribution >= 4 is 33.4 Å². The maximum absolute atomic E-state index is 14.0. The molecule has 1 aromatic heterocycles. The summed E-state index contributed by atoms with van der Waals surface area (Å²) in [5.74, 6) is -0.274. The monoisotopic (exact) mass is 490 g/mol. The molecule has 0 unspecified atom stereocenters. The molecule has 3 aromatic rings. The van der Waals surface area contributed by atoms with E-state index >= 15 is 0 Å². The van der Waals surface area contributed by atoms with Crippen molar-refractivity contribution in [3.8, 4) is 0 Å². The maximum atomic E-state index is 14.0. The second kappa shape index (κ2) is 9.29. The minimum atomic E-state index is -0.290. The van der Waals surface area contributed by atoms with Crippen LogP contribution in [0, 0.1) is 5.82 Å². The van der Waals surface area contributed by atoms with Crippen LogP contribution >= 0.6 is 27.5 Å². The van der Waals surface area contributed by atoms with E-state index < -0.39 is 0 Å². The summed E-state index contributed by atoms with van der Waals surface area (Å²) in [5.41, 5.74) is 2.20. The number of benzene rings is 2. The van der Waals surface area contributed by atoms with Crippen LogP contribution in [0.5, 0.6) is 0 Å². The van der Waals surface area contributed by atoms with Gasteiger partial charge >= 0.3 is 0 Å². The Labute approximate surface area is 188 Å². The standard InChI is InChI=1S/C22H21BrClFN4O/c23-18-12-26-29(14-18)13-16-3-1-4-17(11-16)22(30)28-9-7-27(8-10-28)15-19-20(24)5-2-6-21(19)25/h1-6,11-12,14H,7-10,13,15H2. The summed E-state index contributed by atoms with van der Waals surface area (Å²) in [6.45, 7) is 3.60. The first-order valence-electron chi connectivity index (χ1n) is 9.71. The summed E-state index contributed by atoms with van der Waals surface area (Å²) in [6.07, 6.45) is 3.64. The molecule has 0 radical (unpaired) electrons. The van der Waals surface area contributed by atoms with Crippen LogP contribution in [-0.4, -0.2) is 51.7 Å². The highest BCUT2D eigenvalue weighted by atomic mass is 79.9. The van der Waals surface area contributed by atoms with Crippen molar-refractivity contribution in [1.29, 1.82) is 0 Å². The highest BCUT2D eigenvalue weighted by Gasteiger charge is 2.23. The molecule has 2 heterocycles. The van der Waals surface area contributed by atoms with Gasteiger partial charge in [-0.15, -0.1) is 0 Å². The van der Waals surface area contributed by atoms with Gasteiger partial charge in [0.05, 0.1) is 17.2 Å². The van der Waals surface area contributed by atoms with Crippen LogP contribution in [0.1, 0.15) is 21.5 Å². The molecule has 1 amide bonds. The third-order valence-electron chi connectivity index (χ3n) is 5.22. The lowest BCUT2D eigenvalue weighted by atomic mass is 10.1. The first-order chi connectivity index (χ1) is 14.5. The molecule has 8 heteroatoms. The van der Waals surface area contributed by atoms with Gasteiger partial charge in [-0.25, -0.2) is 4.39 Å². The van der Waals surface area contributed by atoms with Crippen molar-refractivity contribution in [2.45, 2.75) is 13.1 Å². The molecule has 2 aromatic carbocycles. The Kier molecular flexibility index (Phi) is 6.51. The molecule has 4 rings (SSSR count). The molecule has 5 nitrogen and oxygen atoms in total.